The van der Waals surface area contributed by atoms with Crippen LogP contribution >= 0.6 is 22.6 Å². The van der Waals surface area contributed by atoms with Crippen LogP contribution in [0.25, 0.3) is 0 Å². The number of halogens is 1. The zero-order valence-electron chi connectivity index (χ0n) is 9.75. The van der Waals surface area contributed by atoms with Crippen molar-refractivity contribution in [2.24, 2.45) is 0 Å². The number of benzene rings is 1. The minimum Gasteiger partial charge on any atom is -0.370 e. The second-order valence-corrected chi connectivity index (χ2v) is 5.56. The van der Waals surface area contributed by atoms with Gasteiger partial charge in [0.2, 0.25) is 0 Å². The molecule has 3 heteroatoms. The van der Waals surface area contributed by atoms with Crippen molar-refractivity contribution in [1.82, 2.24) is 5.32 Å². The molecule has 0 aromatic heterocycles. The Bertz CT molecular complexity index is 321. The SMILES string of the molecule is CCNC1CCCN(c2ccc(I)cc2)C1. The third-order valence-corrected chi connectivity index (χ3v) is 3.83. The van der Waals surface area contributed by atoms with Crippen LogP contribution in [0.5, 0.6) is 0 Å². The minimum absolute atomic E-state index is 0.665. The fraction of sp³-hybridized carbons (Fsp3) is 0.538. The molecule has 1 atom stereocenters. The van der Waals surface area contributed by atoms with Gasteiger partial charge in [0.25, 0.3) is 0 Å². The predicted molar refractivity (Wildman–Crippen MR) is 78.1 cm³/mol. The van der Waals surface area contributed by atoms with Gasteiger partial charge in [-0.3, -0.25) is 0 Å². The number of nitrogens with one attached hydrogen (secondary N) is 1. The van der Waals surface area contributed by atoms with Crippen LogP contribution in [0.1, 0.15) is 19.8 Å². The van der Waals surface area contributed by atoms with Gasteiger partial charge in [0.05, 0.1) is 0 Å². The quantitative estimate of drug-likeness (QED) is 0.858. The molecule has 1 saturated heterocycles. The molecule has 1 aliphatic rings. The Labute approximate surface area is 112 Å². The van der Waals surface area contributed by atoms with Crippen molar-refractivity contribution < 1.29 is 0 Å². The molecule has 2 rings (SSSR count). The first-order valence-electron chi connectivity index (χ1n) is 6.03. The monoisotopic (exact) mass is 330 g/mol. The lowest BCUT2D eigenvalue weighted by atomic mass is 10.0. The summed E-state index contributed by atoms with van der Waals surface area (Å²) in [5.41, 5.74) is 1.36. The summed E-state index contributed by atoms with van der Waals surface area (Å²) < 4.78 is 1.31. The molecule has 0 bridgehead atoms. The van der Waals surface area contributed by atoms with E-state index in [1.807, 2.05) is 0 Å². The van der Waals surface area contributed by atoms with Crippen molar-refractivity contribution in [2.45, 2.75) is 25.8 Å². The van der Waals surface area contributed by atoms with E-state index >= 15 is 0 Å². The molecule has 1 aliphatic heterocycles. The third kappa shape index (κ3) is 3.10. The predicted octanol–water partition coefficient (Wildman–Crippen LogP) is 2.87. The second kappa shape index (κ2) is 5.87. The molecular formula is C13H19IN2. The molecule has 1 aromatic rings. The van der Waals surface area contributed by atoms with Crippen LogP contribution < -0.4 is 10.2 Å². The fourth-order valence-corrected chi connectivity index (χ4v) is 2.68. The topological polar surface area (TPSA) is 15.3 Å². The highest BCUT2D eigenvalue weighted by molar-refractivity contribution is 14.1. The van der Waals surface area contributed by atoms with Crippen LogP contribution in [-0.2, 0) is 0 Å². The zero-order chi connectivity index (χ0) is 11.4. The van der Waals surface area contributed by atoms with E-state index < -0.39 is 0 Å². The van der Waals surface area contributed by atoms with Crippen molar-refractivity contribution in [1.29, 1.82) is 0 Å². The van der Waals surface area contributed by atoms with Crippen LogP contribution in [-0.4, -0.2) is 25.7 Å². The molecule has 2 nitrogen and oxygen atoms in total. The minimum atomic E-state index is 0.665. The maximum absolute atomic E-state index is 3.55. The molecular weight excluding hydrogens is 311 g/mol. The number of rotatable bonds is 3. The summed E-state index contributed by atoms with van der Waals surface area (Å²) in [6.07, 6.45) is 2.61. The smallest absolute Gasteiger partial charge is 0.0367 e. The van der Waals surface area contributed by atoms with Gasteiger partial charge in [-0.15, -0.1) is 0 Å². The van der Waals surface area contributed by atoms with Gasteiger partial charge in [-0.1, -0.05) is 6.92 Å². The van der Waals surface area contributed by atoms with Crippen molar-refractivity contribution in [3.05, 3.63) is 27.8 Å². The lowest BCUT2D eigenvalue weighted by molar-refractivity contribution is 0.431. The molecule has 16 heavy (non-hydrogen) atoms. The molecule has 0 aliphatic carbocycles. The molecule has 1 unspecified atom stereocenters. The van der Waals surface area contributed by atoms with Gasteiger partial charge in [0.15, 0.2) is 0 Å². The Morgan fingerprint density at radius 2 is 2.12 bits per heavy atom. The number of hydrogen-bond acceptors (Lipinski definition) is 2. The first-order valence-corrected chi connectivity index (χ1v) is 7.11. The average molecular weight is 330 g/mol. The van der Waals surface area contributed by atoms with Gasteiger partial charge < -0.3 is 10.2 Å². The van der Waals surface area contributed by atoms with Gasteiger partial charge in [-0.25, -0.2) is 0 Å². The number of piperidine rings is 1. The Hall–Kier alpha value is -0.290. The van der Waals surface area contributed by atoms with E-state index in [2.05, 4.69) is 64.0 Å². The Morgan fingerprint density at radius 1 is 1.38 bits per heavy atom. The zero-order valence-corrected chi connectivity index (χ0v) is 11.9. The van der Waals surface area contributed by atoms with E-state index in [0.29, 0.717) is 6.04 Å². The largest absolute Gasteiger partial charge is 0.370 e. The molecule has 0 spiro atoms. The van der Waals surface area contributed by atoms with E-state index in [9.17, 15) is 0 Å². The lowest BCUT2D eigenvalue weighted by Crippen LogP contribution is -2.45. The number of hydrogen-bond donors (Lipinski definition) is 1. The van der Waals surface area contributed by atoms with E-state index in [-0.39, 0.29) is 0 Å². The standard InChI is InChI=1S/C13H19IN2/c1-2-15-12-4-3-9-16(10-12)13-7-5-11(14)6-8-13/h5-8,12,15H,2-4,9-10H2,1H3. The van der Waals surface area contributed by atoms with Crippen molar-refractivity contribution in [2.75, 3.05) is 24.5 Å². The van der Waals surface area contributed by atoms with Gasteiger partial charge in [-0.2, -0.15) is 0 Å². The number of nitrogens with zero attached hydrogens (tertiary/aromatic N) is 1. The van der Waals surface area contributed by atoms with Gasteiger partial charge in [0, 0.05) is 28.4 Å². The van der Waals surface area contributed by atoms with Crippen LogP contribution in [0.15, 0.2) is 24.3 Å². The van der Waals surface area contributed by atoms with E-state index in [1.54, 1.807) is 0 Å². The first-order chi connectivity index (χ1) is 7.79. The summed E-state index contributed by atoms with van der Waals surface area (Å²) in [6, 6.07) is 9.50. The highest BCUT2D eigenvalue weighted by atomic mass is 127. The number of likely N-dealkylation sites (N-methyl/N-ethyl adjacent to an activating group) is 1. The molecule has 1 N–H and O–H groups in total. The fourth-order valence-electron chi connectivity index (χ4n) is 2.32. The van der Waals surface area contributed by atoms with Crippen LogP contribution in [0.2, 0.25) is 0 Å². The molecule has 0 saturated carbocycles. The summed E-state index contributed by atoms with van der Waals surface area (Å²) in [4.78, 5) is 2.49. The average Bonchev–Trinajstić information content (AvgIpc) is 2.31. The summed E-state index contributed by atoms with van der Waals surface area (Å²) in [5.74, 6) is 0. The van der Waals surface area contributed by atoms with Gasteiger partial charge >= 0.3 is 0 Å². The Morgan fingerprint density at radius 3 is 2.81 bits per heavy atom. The van der Waals surface area contributed by atoms with Crippen molar-refractivity contribution >= 4 is 28.3 Å². The van der Waals surface area contributed by atoms with Crippen molar-refractivity contribution in [3.63, 3.8) is 0 Å². The molecule has 1 heterocycles. The maximum Gasteiger partial charge on any atom is 0.0367 e. The van der Waals surface area contributed by atoms with Crippen LogP contribution in [0.4, 0.5) is 5.69 Å². The first kappa shape index (κ1) is 12.2. The molecule has 0 amide bonds. The van der Waals surface area contributed by atoms with E-state index in [0.717, 1.165) is 13.1 Å². The summed E-state index contributed by atoms with van der Waals surface area (Å²) in [5, 5.41) is 3.55. The lowest BCUT2D eigenvalue weighted by Gasteiger charge is -2.34. The molecule has 1 fully saturated rings. The summed E-state index contributed by atoms with van der Waals surface area (Å²) >= 11 is 2.35. The third-order valence-electron chi connectivity index (χ3n) is 3.11. The van der Waals surface area contributed by atoms with Crippen molar-refractivity contribution in [3.8, 4) is 0 Å². The van der Waals surface area contributed by atoms with Crippen LogP contribution in [0.3, 0.4) is 0 Å². The van der Waals surface area contributed by atoms with E-state index in [4.69, 9.17) is 0 Å². The Kier molecular flexibility index (Phi) is 4.46. The normalized spacial score (nSPS) is 21.1. The molecule has 0 radical (unpaired) electrons. The highest BCUT2D eigenvalue weighted by Gasteiger charge is 2.18. The highest BCUT2D eigenvalue weighted by Crippen LogP contribution is 2.20. The maximum atomic E-state index is 3.55. The molecule has 88 valence electrons. The second-order valence-electron chi connectivity index (χ2n) is 4.32. The Balaban J connectivity index is 2.01. The summed E-state index contributed by atoms with van der Waals surface area (Å²) in [7, 11) is 0. The van der Waals surface area contributed by atoms with E-state index in [1.165, 1.54) is 28.6 Å². The summed E-state index contributed by atoms with van der Waals surface area (Å²) in [6.45, 7) is 5.60. The van der Waals surface area contributed by atoms with Gasteiger partial charge in [0.1, 0.15) is 0 Å². The van der Waals surface area contributed by atoms with Crippen LogP contribution in [0, 0.1) is 3.57 Å². The molecule has 1 aromatic carbocycles. The number of anilines is 1. The van der Waals surface area contributed by atoms with Gasteiger partial charge in [-0.05, 0) is 66.2 Å².